The van der Waals surface area contributed by atoms with Crippen molar-refractivity contribution in [2.45, 2.75) is 37.9 Å². The van der Waals surface area contributed by atoms with Gasteiger partial charge in [0.05, 0.1) is 6.54 Å². The van der Waals surface area contributed by atoms with Crippen LogP contribution in [0.3, 0.4) is 0 Å². The second-order valence-electron chi connectivity index (χ2n) is 8.84. The van der Waals surface area contributed by atoms with Crippen molar-refractivity contribution in [1.29, 1.82) is 0 Å². The largest absolute Gasteiger partial charge is 0.308 e. The zero-order valence-corrected chi connectivity index (χ0v) is 22.4. The minimum Gasteiger partial charge on any atom is -0.308 e. The van der Waals surface area contributed by atoms with Gasteiger partial charge in [-0.3, -0.25) is 4.79 Å². The van der Waals surface area contributed by atoms with Crippen molar-refractivity contribution in [2.24, 2.45) is 0 Å². The van der Waals surface area contributed by atoms with Gasteiger partial charge in [-0.1, -0.05) is 49.4 Å². The predicted octanol–water partition coefficient (Wildman–Crippen LogP) is 5.51. The number of nitrogens with zero attached hydrogens (tertiary/aromatic N) is 3. The molecule has 37 heavy (non-hydrogen) atoms. The summed E-state index contributed by atoms with van der Waals surface area (Å²) in [6.45, 7) is 6.73. The fourth-order valence-corrected chi connectivity index (χ4v) is 6.76. The lowest BCUT2D eigenvalue weighted by atomic mass is 10.1. The van der Waals surface area contributed by atoms with E-state index >= 15 is 0 Å². The maximum absolute atomic E-state index is 13.1. The molecule has 9 heteroatoms. The number of aryl methyl sites for hydroxylation is 3. The Morgan fingerprint density at radius 3 is 2.43 bits per heavy atom. The normalized spacial score (nSPS) is 11.6. The summed E-state index contributed by atoms with van der Waals surface area (Å²) in [5, 5.41) is 1.71. The average Bonchev–Trinajstić information content (AvgIpc) is 3.51. The molecule has 0 spiro atoms. The number of hydrogen-bond acceptors (Lipinski definition) is 6. The summed E-state index contributed by atoms with van der Waals surface area (Å²) in [5.74, 6) is 0.314. The number of imidazole rings is 1. The number of hydrogen-bond donors (Lipinski definition) is 1. The van der Waals surface area contributed by atoms with Crippen LogP contribution in [-0.2, 0) is 23.0 Å². The summed E-state index contributed by atoms with van der Waals surface area (Å²) in [5.41, 5.74) is 6.51. The number of pyridine rings is 1. The summed E-state index contributed by atoms with van der Waals surface area (Å²) in [7, 11) is -4.04. The van der Waals surface area contributed by atoms with Gasteiger partial charge in [0.2, 0.25) is 0 Å². The Balaban J connectivity index is 1.42. The molecule has 7 nitrogen and oxygen atoms in total. The lowest BCUT2D eigenvalue weighted by Crippen LogP contribution is -2.30. The smallest absolute Gasteiger partial charge is 0.274 e. The number of carbonyl (C=O) groups excluding carboxylic acids is 1. The summed E-state index contributed by atoms with van der Waals surface area (Å²) >= 11 is 1.08. The molecular formula is C28H26N4O3S2. The summed E-state index contributed by atoms with van der Waals surface area (Å²) in [6.07, 6.45) is 0.789. The van der Waals surface area contributed by atoms with Crippen LogP contribution in [0.1, 0.15) is 39.9 Å². The number of sulfonamides is 1. The molecule has 0 bridgehead atoms. The Morgan fingerprint density at radius 2 is 1.73 bits per heavy atom. The molecule has 0 aliphatic heterocycles. The first-order valence-electron chi connectivity index (χ1n) is 11.9. The van der Waals surface area contributed by atoms with E-state index in [2.05, 4.69) is 23.1 Å². The fourth-order valence-electron chi connectivity index (χ4n) is 4.39. The Bertz CT molecular complexity index is 1700. The predicted molar refractivity (Wildman–Crippen MR) is 146 cm³/mol. The highest BCUT2D eigenvalue weighted by atomic mass is 32.2. The van der Waals surface area contributed by atoms with E-state index in [1.54, 1.807) is 41.8 Å². The molecule has 0 atom stereocenters. The quantitative estimate of drug-likeness (QED) is 0.300. The maximum Gasteiger partial charge on any atom is 0.274 e. The third-order valence-corrected chi connectivity index (χ3v) is 8.98. The molecule has 0 saturated carbocycles. The molecule has 188 valence electrons. The number of benzene rings is 2. The number of rotatable bonds is 7. The Labute approximate surface area is 219 Å². The van der Waals surface area contributed by atoms with Crippen LogP contribution in [0.2, 0.25) is 0 Å². The molecule has 2 aromatic carbocycles. The van der Waals surface area contributed by atoms with Crippen molar-refractivity contribution in [2.75, 3.05) is 0 Å². The fraction of sp³-hybridized carbons (Fsp3) is 0.179. The first-order valence-corrected chi connectivity index (χ1v) is 14.3. The van der Waals surface area contributed by atoms with Crippen molar-refractivity contribution in [3.05, 3.63) is 100 Å². The molecule has 5 aromatic rings. The first kappa shape index (κ1) is 24.9. The third-order valence-electron chi connectivity index (χ3n) is 6.16. The van der Waals surface area contributed by atoms with Gasteiger partial charge >= 0.3 is 0 Å². The summed E-state index contributed by atoms with van der Waals surface area (Å²) < 4.78 is 30.6. The van der Waals surface area contributed by atoms with Gasteiger partial charge in [0.15, 0.2) is 5.65 Å². The SMILES string of the molecule is CCc1nc2c(C)cc(C)nc2n1Cc1ccc(-c2ccsc2S(=O)(=O)NC(=O)c2ccccc2)cc1. The Morgan fingerprint density at radius 1 is 1.00 bits per heavy atom. The van der Waals surface area contributed by atoms with Crippen molar-refractivity contribution >= 4 is 38.4 Å². The van der Waals surface area contributed by atoms with Gasteiger partial charge in [-0.05, 0) is 60.2 Å². The molecule has 0 unspecified atom stereocenters. The molecule has 0 aliphatic rings. The van der Waals surface area contributed by atoms with Crippen LogP contribution in [0.15, 0.2) is 76.3 Å². The van der Waals surface area contributed by atoms with Crippen LogP contribution in [-0.4, -0.2) is 28.9 Å². The van der Waals surface area contributed by atoms with Gasteiger partial charge in [-0.25, -0.2) is 23.1 Å². The van der Waals surface area contributed by atoms with E-state index in [0.29, 0.717) is 12.1 Å². The second-order valence-corrected chi connectivity index (χ2v) is 11.6. The number of carbonyl (C=O) groups is 1. The van der Waals surface area contributed by atoms with Gasteiger partial charge < -0.3 is 4.57 Å². The minimum atomic E-state index is -4.04. The van der Waals surface area contributed by atoms with E-state index < -0.39 is 15.9 Å². The van der Waals surface area contributed by atoms with E-state index in [0.717, 1.165) is 57.1 Å². The molecule has 1 N–H and O–H groups in total. The number of thiophene rings is 1. The highest BCUT2D eigenvalue weighted by Gasteiger charge is 2.24. The van der Waals surface area contributed by atoms with Gasteiger partial charge in [-0.2, -0.15) is 0 Å². The Hall–Kier alpha value is -3.82. The first-order chi connectivity index (χ1) is 17.8. The zero-order valence-electron chi connectivity index (χ0n) is 20.7. The van der Waals surface area contributed by atoms with Gasteiger partial charge in [0.25, 0.3) is 15.9 Å². The van der Waals surface area contributed by atoms with Crippen molar-refractivity contribution in [3.8, 4) is 11.1 Å². The number of amides is 1. The highest BCUT2D eigenvalue weighted by molar-refractivity contribution is 7.92. The monoisotopic (exact) mass is 530 g/mol. The van der Waals surface area contributed by atoms with Crippen LogP contribution < -0.4 is 4.72 Å². The molecule has 3 aromatic heterocycles. The molecule has 0 radical (unpaired) electrons. The van der Waals surface area contributed by atoms with E-state index in [-0.39, 0.29) is 9.77 Å². The van der Waals surface area contributed by atoms with Crippen LogP contribution >= 0.6 is 11.3 Å². The molecule has 0 fully saturated rings. The molecule has 0 saturated heterocycles. The van der Waals surface area contributed by atoms with Crippen LogP contribution in [0.25, 0.3) is 22.3 Å². The summed E-state index contributed by atoms with van der Waals surface area (Å²) in [6, 6.07) is 19.9. The molecular weight excluding hydrogens is 504 g/mol. The van der Waals surface area contributed by atoms with Crippen LogP contribution in [0, 0.1) is 13.8 Å². The molecule has 0 aliphatic carbocycles. The highest BCUT2D eigenvalue weighted by Crippen LogP contribution is 2.32. The number of fused-ring (bicyclic) bond motifs is 1. The van der Waals surface area contributed by atoms with E-state index in [1.165, 1.54) is 0 Å². The van der Waals surface area contributed by atoms with Crippen molar-refractivity contribution in [3.63, 3.8) is 0 Å². The third kappa shape index (κ3) is 4.92. The lowest BCUT2D eigenvalue weighted by molar-refractivity contribution is 0.0981. The second kappa shape index (κ2) is 9.91. The average molecular weight is 531 g/mol. The zero-order chi connectivity index (χ0) is 26.2. The molecule has 5 rings (SSSR count). The van der Waals surface area contributed by atoms with Gasteiger partial charge in [0.1, 0.15) is 15.6 Å². The lowest BCUT2D eigenvalue weighted by Gasteiger charge is -2.10. The standard InChI is InChI=1S/C28H26N4O3S2/c1-4-24-30-25-18(2)16-19(3)29-26(25)32(24)17-20-10-12-21(13-11-20)23-14-15-36-28(23)37(34,35)31-27(33)22-8-6-5-7-9-22/h5-16H,4,17H2,1-3H3,(H,31,33). The number of aromatic nitrogens is 3. The van der Waals surface area contributed by atoms with Crippen LogP contribution in [0.5, 0.6) is 0 Å². The van der Waals surface area contributed by atoms with Gasteiger partial charge in [0, 0.05) is 23.2 Å². The van der Waals surface area contributed by atoms with E-state index in [1.807, 2.05) is 37.3 Å². The van der Waals surface area contributed by atoms with E-state index in [9.17, 15) is 13.2 Å². The van der Waals surface area contributed by atoms with Gasteiger partial charge in [-0.15, -0.1) is 11.3 Å². The van der Waals surface area contributed by atoms with E-state index in [4.69, 9.17) is 9.97 Å². The molecule has 3 heterocycles. The topological polar surface area (TPSA) is 93.9 Å². The van der Waals surface area contributed by atoms with Crippen molar-refractivity contribution < 1.29 is 13.2 Å². The number of nitrogens with one attached hydrogen (secondary N) is 1. The maximum atomic E-state index is 13.1. The van der Waals surface area contributed by atoms with Crippen molar-refractivity contribution in [1.82, 2.24) is 19.3 Å². The van der Waals surface area contributed by atoms with Crippen LogP contribution in [0.4, 0.5) is 0 Å². The Kier molecular flexibility index (Phi) is 6.66. The summed E-state index contributed by atoms with van der Waals surface area (Å²) in [4.78, 5) is 22.0. The molecule has 1 amide bonds. The minimum absolute atomic E-state index is 0.105.